The van der Waals surface area contributed by atoms with Gasteiger partial charge in [0.1, 0.15) is 12.3 Å². The number of carbonyl (C=O) groups excluding carboxylic acids is 1. The number of hydrogen-bond donors (Lipinski definition) is 2. The highest BCUT2D eigenvalue weighted by Crippen LogP contribution is 2.32. The van der Waals surface area contributed by atoms with Gasteiger partial charge in [-0.05, 0) is 36.3 Å². The van der Waals surface area contributed by atoms with Gasteiger partial charge in [0.25, 0.3) is 0 Å². The molecule has 2 heterocycles. The molecule has 2 aromatic carbocycles. The van der Waals surface area contributed by atoms with Crippen LogP contribution in [-0.4, -0.2) is 82.7 Å². The van der Waals surface area contributed by atoms with Crippen LogP contribution in [0, 0.1) is 11.8 Å². The molecular weight excluding hydrogens is 561 g/mol. The molecular formula is C28H31F3N4O5S. The summed E-state index contributed by atoms with van der Waals surface area (Å²) in [5, 5.41) is 6.86. The number of nitrogens with zero attached hydrogens (tertiary/aromatic N) is 2. The Morgan fingerprint density at radius 2 is 1.88 bits per heavy atom. The summed E-state index contributed by atoms with van der Waals surface area (Å²) >= 11 is 0. The molecule has 2 atom stereocenters. The number of anilines is 2. The van der Waals surface area contributed by atoms with Crippen LogP contribution in [0.15, 0.2) is 47.4 Å². The molecule has 13 heteroatoms. The van der Waals surface area contributed by atoms with Gasteiger partial charge in [0, 0.05) is 50.5 Å². The minimum Gasteiger partial charge on any atom is -0.495 e. The van der Waals surface area contributed by atoms with Crippen LogP contribution >= 0.6 is 0 Å². The number of likely N-dealkylation sites (tertiary alicyclic amines) is 1. The van der Waals surface area contributed by atoms with E-state index >= 15 is 0 Å². The molecule has 9 nitrogen and oxygen atoms in total. The first-order valence-corrected chi connectivity index (χ1v) is 14.5. The lowest BCUT2D eigenvalue weighted by Gasteiger charge is -2.36. The number of methoxy groups -OCH3 is 2. The smallest absolute Gasteiger partial charge is 0.406 e. The summed E-state index contributed by atoms with van der Waals surface area (Å²) in [7, 11) is 1.22. The molecule has 1 aliphatic heterocycles. The lowest BCUT2D eigenvalue weighted by Crippen LogP contribution is -2.51. The SMILES string of the molecule is COc1cc(S(C)(=O)=O)ccc1NCC#Cc1cc2c(N[C@H]3CC(=O)N(C)C[C@H]3OC)cccc2n1CC(F)(F)F. The molecule has 1 aliphatic rings. The van der Waals surface area contributed by atoms with Gasteiger partial charge in [0.2, 0.25) is 5.91 Å². The number of carbonyl (C=O) groups is 1. The standard InChI is InChI=1S/C28H31F3N4O5S/c1-34-16-26(40-3)23(15-27(34)36)33-21-8-5-9-24-20(21)13-18(35(24)17-28(29,30)31)7-6-12-32-22-11-10-19(41(4,37)38)14-25(22)39-2/h5,8-11,13-14,23,26,32-33H,12,15-17H2,1-4H3/t23-,26+/m0/s1. The van der Waals surface area contributed by atoms with Crippen molar-refractivity contribution in [3.05, 3.63) is 48.2 Å². The van der Waals surface area contributed by atoms with E-state index in [2.05, 4.69) is 22.5 Å². The molecule has 2 N–H and O–H groups in total. The largest absolute Gasteiger partial charge is 0.495 e. The predicted octanol–water partition coefficient (Wildman–Crippen LogP) is 3.74. The van der Waals surface area contributed by atoms with E-state index < -0.39 is 22.6 Å². The monoisotopic (exact) mass is 592 g/mol. The van der Waals surface area contributed by atoms with Crippen LogP contribution in [-0.2, 0) is 25.9 Å². The second-order valence-electron chi connectivity index (χ2n) is 9.76. The van der Waals surface area contributed by atoms with E-state index in [1.54, 1.807) is 43.3 Å². The van der Waals surface area contributed by atoms with Crippen LogP contribution in [0.2, 0.25) is 0 Å². The lowest BCUT2D eigenvalue weighted by molar-refractivity contribution is -0.140. The number of alkyl halides is 3. The van der Waals surface area contributed by atoms with Gasteiger partial charge >= 0.3 is 6.18 Å². The maximum absolute atomic E-state index is 13.6. The Kier molecular flexibility index (Phi) is 8.74. The number of benzene rings is 2. The topological polar surface area (TPSA) is 102 Å². The molecule has 1 aromatic heterocycles. The van der Waals surface area contributed by atoms with E-state index in [1.807, 2.05) is 0 Å². The third kappa shape index (κ3) is 7.07. The molecule has 0 saturated carbocycles. The van der Waals surface area contributed by atoms with Gasteiger partial charge in [0.05, 0.1) is 47.6 Å². The number of hydrogen-bond acceptors (Lipinski definition) is 7. The summed E-state index contributed by atoms with van der Waals surface area (Å²) in [6.45, 7) is -0.782. The zero-order chi connectivity index (χ0) is 29.9. The third-order valence-corrected chi connectivity index (χ3v) is 7.94. The van der Waals surface area contributed by atoms with Crippen molar-refractivity contribution in [3.8, 4) is 17.6 Å². The number of amides is 1. The van der Waals surface area contributed by atoms with Gasteiger partial charge in [-0.2, -0.15) is 13.2 Å². The first-order chi connectivity index (χ1) is 19.3. The number of aromatic nitrogens is 1. The van der Waals surface area contributed by atoms with Crippen molar-refractivity contribution in [2.45, 2.75) is 36.2 Å². The number of sulfone groups is 1. The van der Waals surface area contributed by atoms with Crippen LogP contribution in [0.25, 0.3) is 10.9 Å². The lowest BCUT2D eigenvalue weighted by atomic mass is 10.0. The molecule has 220 valence electrons. The molecule has 3 aromatic rings. The molecule has 1 fully saturated rings. The Balaban J connectivity index is 1.63. The van der Waals surface area contributed by atoms with E-state index in [0.29, 0.717) is 34.6 Å². The number of nitrogens with one attached hydrogen (secondary N) is 2. The van der Waals surface area contributed by atoms with E-state index in [9.17, 15) is 26.4 Å². The average molecular weight is 593 g/mol. The maximum Gasteiger partial charge on any atom is 0.406 e. The first-order valence-electron chi connectivity index (χ1n) is 12.6. The summed E-state index contributed by atoms with van der Waals surface area (Å²) < 4.78 is 76.3. The fourth-order valence-electron chi connectivity index (χ4n) is 4.74. The Bertz CT molecular complexity index is 1610. The highest BCUT2D eigenvalue weighted by Gasteiger charge is 2.33. The Morgan fingerprint density at radius 3 is 2.54 bits per heavy atom. The Morgan fingerprint density at radius 1 is 1.12 bits per heavy atom. The number of ether oxygens (including phenoxy) is 2. The Labute approximate surface area is 236 Å². The summed E-state index contributed by atoms with van der Waals surface area (Å²) in [4.78, 5) is 14.0. The molecule has 1 amide bonds. The Hall–Kier alpha value is -3.89. The van der Waals surface area contributed by atoms with Crippen molar-refractivity contribution < 1.29 is 35.9 Å². The fraction of sp³-hybridized carbons (Fsp3) is 0.393. The van der Waals surface area contributed by atoms with Gasteiger partial charge in [-0.3, -0.25) is 4.79 Å². The van der Waals surface area contributed by atoms with Gasteiger partial charge in [-0.1, -0.05) is 12.0 Å². The van der Waals surface area contributed by atoms with Crippen molar-refractivity contribution in [3.63, 3.8) is 0 Å². The molecule has 4 rings (SSSR count). The normalized spacial score (nSPS) is 17.7. The zero-order valence-electron chi connectivity index (χ0n) is 23.0. The van der Waals surface area contributed by atoms with E-state index in [0.717, 1.165) is 10.8 Å². The van der Waals surface area contributed by atoms with Gasteiger partial charge < -0.3 is 29.6 Å². The average Bonchev–Trinajstić information content (AvgIpc) is 3.24. The van der Waals surface area contributed by atoms with Crippen molar-refractivity contribution in [2.75, 3.05) is 51.2 Å². The minimum absolute atomic E-state index is 0.0560. The van der Waals surface area contributed by atoms with Crippen LogP contribution in [0.3, 0.4) is 0 Å². The molecule has 1 saturated heterocycles. The molecule has 0 aliphatic carbocycles. The third-order valence-electron chi connectivity index (χ3n) is 6.83. The maximum atomic E-state index is 13.6. The molecule has 0 radical (unpaired) electrons. The number of rotatable bonds is 8. The van der Waals surface area contributed by atoms with Crippen LogP contribution < -0.4 is 15.4 Å². The minimum atomic E-state index is -4.49. The molecule has 0 spiro atoms. The highest BCUT2D eigenvalue weighted by molar-refractivity contribution is 7.90. The van der Waals surface area contributed by atoms with Gasteiger partial charge in [-0.15, -0.1) is 0 Å². The fourth-order valence-corrected chi connectivity index (χ4v) is 5.38. The molecule has 0 unspecified atom stereocenters. The first kappa shape index (κ1) is 30.1. The quantitative estimate of drug-likeness (QED) is 0.385. The highest BCUT2D eigenvalue weighted by atomic mass is 32.2. The van der Waals surface area contributed by atoms with Crippen molar-refractivity contribution in [1.82, 2.24) is 9.47 Å². The van der Waals surface area contributed by atoms with Crippen molar-refractivity contribution in [2.24, 2.45) is 0 Å². The van der Waals surface area contributed by atoms with Crippen molar-refractivity contribution in [1.29, 1.82) is 0 Å². The zero-order valence-corrected chi connectivity index (χ0v) is 23.8. The number of halogens is 3. The summed E-state index contributed by atoms with van der Waals surface area (Å²) in [5.74, 6) is 5.91. The molecule has 0 bridgehead atoms. The van der Waals surface area contributed by atoms with Crippen molar-refractivity contribution >= 4 is 38.0 Å². The molecule has 41 heavy (non-hydrogen) atoms. The summed E-state index contributed by atoms with van der Waals surface area (Å²) in [6, 6.07) is 10.6. The number of fused-ring (bicyclic) bond motifs is 1. The van der Waals surface area contributed by atoms with E-state index in [1.165, 1.54) is 25.3 Å². The van der Waals surface area contributed by atoms with E-state index in [-0.39, 0.29) is 41.6 Å². The second-order valence-corrected chi connectivity index (χ2v) is 11.8. The summed E-state index contributed by atoms with van der Waals surface area (Å²) in [6.07, 6.45) is -3.51. The van der Waals surface area contributed by atoms with Crippen LogP contribution in [0.5, 0.6) is 5.75 Å². The summed E-state index contributed by atoms with van der Waals surface area (Å²) in [5.41, 5.74) is 1.56. The predicted molar refractivity (Wildman–Crippen MR) is 150 cm³/mol. The second kappa shape index (κ2) is 11.9. The van der Waals surface area contributed by atoms with Gasteiger partial charge in [0.15, 0.2) is 9.84 Å². The number of likely N-dealkylation sites (N-methyl/N-ethyl adjacent to an activating group) is 1. The van der Waals surface area contributed by atoms with Crippen LogP contribution in [0.4, 0.5) is 24.5 Å². The van der Waals surface area contributed by atoms with E-state index in [4.69, 9.17) is 9.47 Å². The number of piperidine rings is 1. The van der Waals surface area contributed by atoms with Crippen LogP contribution in [0.1, 0.15) is 12.1 Å². The van der Waals surface area contributed by atoms with Gasteiger partial charge in [-0.25, -0.2) is 8.42 Å².